The van der Waals surface area contributed by atoms with Crippen LogP contribution in [0.2, 0.25) is 0 Å². The van der Waals surface area contributed by atoms with E-state index >= 15 is 0 Å². The minimum Gasteiger partial charge on any atom is -0.481 e. The van der Waals surface area contributed by atoms with E-state index in [4.69, 9.17) is 4.74 Å². The lowest BCUT2D eigenvalue weighted by molar-refractivity contribution is -0.151. The molecule has 2 rings (SSSR count). The summed E-state index contributed by atoms with van der Waals surface area (Å²) in [5, 5.41) is 11.8. The number of methoxy groups -OCH3 is 1. The van der Waals surface area contributed by atoms with Crippen LogP contribution in [0.5, 0.6) is 0 Å². The van der Waals surface area contributed by atoms with Crippen molar-refractivity contribution in [1.82, 2.24) is 10.2 Å². The van der Waals surface area contributed by atoms with Crippen LogP contribution < -0.4 is 5.32 Å². The number of hydrogen-bond donors (Lipinski definition) is 2. The highest BCUT2D eigenvalue weighted by Crippen LogP contribution is 2.31. The van der Waals surface area contributed by atoms with Gasteiger partial charge in [-0.2, -0.15) is 0 Å². The summed E-state index contributed by atoms with van der Waals surface area (Å²) in [4.78, 5) is 36.9. The standard InChI is InChI=1S/C16H19FN2O5/c1-24-10-16(15(22)23)5-6-19(9-16)13(20)8-18-14(21)11-3-2-4-12(17)7-11/h2-4,7H,5-6,8-10H2,1H3,(H,18,21)(H,22,23). The molecule has 24 heavy (non-hydrogen) atoms. The zero-order valence-corrected chi connectivity index (χ0v) is 13.3. The van der Waals surface area contributed by atoms with Crippen LogP contribution in [0.4, 0.5) is 4.39 Å². The minimum absolute atomic E-state index is 0.0156. The molecule has 1 aromatic carbocycles. The van der Waals surface area contributed by atoms with Crippen molar-refractivity contribution in [2.75, 3.05) is 33.4 Å². The second kappa shape index (κ2) is 7.39. The molecule has 130 valence electrons. The minimum atomic E-state index is -1.11. The third kappa shape index (κ3) is 3.88. The lowest BCUT2D eigenvalue weighted by atomic mass is 9.88. The molecule has 0 aromatic heterocycles. The molecule has 1 saturated heterocycles. The third-order valence-corrected chi connectivity index (χ3v) is 4.07. The summed E-state index contributed by atoms with van der Waals surface area (Å²) in [5.41, 5.74) is -1.000. The SMILES string of the molecule is COCC1(C(=O)O)CCN(C(=O)CNC(=O)c2cccc(F)c2)C1. The number of likely N-dealkylation sites (tertiary alicyclic amines) is 1. The number of amides is 2. The molecule has 0 aliphatic carbocycles. The number of carboxylic acid groups (broad SMARTS) is 1. The van der Waals surface area contributed by atoms with E-state index < -0.39 is 23.1 Å². The molecule has 0 bridgehead atoms. The Morgan fingerprint density at radius 2 is 2.17 bits per heavy atom. The maximum absolute atomic E-state index is 13.1. The number of ether oxygens (including phenoxy) is 1. The monoisotopic (exact) mass is 338 g/mol. The number of halogens is 1. The molecule has 2 N–H and O–H groups in total. The van der Waals surface area contributed by atoms with Crippen LogP contribution in [0, 0.1) is 11.2 Å². The molecular formula is C16H19FN2O5. The number of carbonyl (C=O) groups excluding carboxylic acids is 2. The summed E-state index contributed by atoms with van der Waals surface area (Å²) in [5.74, 6) is -2.51. The van der Waals surface area contributed by atoms with Gasteiger partial charge in [0.25, 0.3) is 5.91 Å². The van der Waals surface area contributed by atoms with Gasteiger partial charge in [0.1, 0.15) is 11.2 Å². The zero-order chi connectivity index (χ0) is 17.7. The van der Waals surface area contributed by atoms with Crippen LogP contribution in [0.3, 0.4) is 0 Å². The molecule has 2 amide bonds. The number of carbonyl (C=O) groups is 3. The zero-order valence-electron chi connectivity index (χ0n) is 13.3. The van der Waals surface area contributed by atoms with Crippen LogP contribution >= 0.6 is 0 Å². The number of carboxylic acids is 1. The largest absolute Gasteiger partial charge is 0.481 e. The molecule has 1 fully saturated rings. The van der Waals surface area contributed by atoms with E-state index in [1.807, 2.05) is 0 Å². The van der Waals surface area contributed by atoms with Crippen molar-refractivity contribution in [3.63, 3.8) is 0 Å². The molecule has 1 aromatic rings. The Morgan fingerprint density at radius 1 is 1.42 bits per heavy atom. The Kier molecular flexibility index (Phi) is 5.50. The molecule has 1 atom stereocenters. The van der Waals surface area contributed by atoms with Gasteiger partial charge in [-0.25, -0.2) is 4.39 Å². The first-order valence-corrected chi connectivity index (χ1v) is 7.42. The highest BCUT2D eigenvalue weighted by molar-refractivity contribution is 5.96. The normalized spacial score (nSPS) is 20.0. The average Bonchev–Trinajstić information content (AvgIpc) is 2.98. The van der Waals surface area contributed by atoms with E-state index in [0.717, 1.165) is 6.07 Å². The van der Waals surface area contributed by atoms with Gasteiger partial charge in [0.15, 0.2) is 0 Å². The number of rotatable bonds is 6. The second-order valence-electron chi connectivity index (χ2n) is 5.78. The van der Waals surface area contributed by atoms with E-state index in [9.17, 15) is 23.9 Å². The van der Waals surface area contributed by atoms with Gasteiger partial charge in [0.2, 0.25) is 5.91 Å². The van der Waals surface area contributed by atoms with Crippen molar-refractivity contribution in [3.05, 3.63) is 35.6 Å². The van der Waals surface area contributed by atoms with E-state index in [0.29, 0.717) is 6.42 Å². The maximum Gasteiger partial charge on any atom is 0.313 e. The van der Waals surface area contributed by atoms with Gasteiger partial charge in [-0.1, -0.05) is 6.07 Å². The van der Waals surface area contributed by atoms with Crippen molar-refractivity contribution in [1.29, 1.82) is 0 Å². The van der Waals surface area contributed by atoms with E-state index in [2.05, 4.69) is 5.32 Å². The van der Waals surface area contributed by atoms with Crippen LogP contribution in [0.25, 0.3) is 0 Å². The van der Waals surface area contributed by atoms with Gasteiger partial charge in [0, 0.05) is 25.8 Å². The summed E-state index contributed by atoms with van der Waals surface area (Å²) in [6.07, 6.45) is 0.291. The molecule has 0 spiro atoms. The molecule has 1 heterocycles. The summed E-state index contributed by atoms with van der Waals surface area (Å²) in [6.45, 7) is 0.0506. The van der Waals surface area contributed by atoms with E-state index in [-0.39, 0.29) is 37.7 Å². The smallest absolute Gasteiger partial charge is 0.313 e. The van der Waals surface area contributed by atoms with Gasteiger partial charge in [0.05, 0.1) is 13.2 Å². The third-order valence-electron chi connectivity index (χ3n) is 4.07. The second-order valence-corrected chi connectivity index (χ2v) is 5.78. The summed E-state index contributed by atoms with van der Waals surface area (Å²) in [7, 11) is 1.41. The molecule has 1 aliphatic heterocycles. The quantitative estimate of drug-likeness (QED) is 0.788. The first kappa shape index (κ1) is 17.9. The highest BCUT2D eigenvalue weighted by Gasteiger charge is 2.46. The fraction of sp³-hybridized carbons (Fsp3) is 0.438. The first-order valence-electron chi connectivity index (χ1n) is 7.42. The number of nitrogens with zero attached hydrogens (tertiary/aromatic N) is 1. The Balaban J connectivity index is 1.91. The fourth-order valence-electron chi connectivity index (χ4n) is 2.72. The van der Waals surface area contributed by atoms with Gasteiger partial charge < -0.3 is 20.1 Å². The lowest BCUT2D eigenvalue weighted by Crippen LogP contribution is -2.43. The van der Waals surface area contributed by atoms with Crippen molar-refractivity contribution in [2.45, 2.75) is 6.42 Å². The predicted octanol–water partition coefficient (Wildman–Crippen LogP) is 0.505. The molecule has 0 radical (unpaired) electrons. The number of hydrogen-bond acceptors (Lipinski definition) is 4. The van der Waals surface area contributed by atoms with E-state index in [1.54, 1.807) is 0 Å². The molecular weight excluding hydrogens is 319 g/mol. The Bertz CT molecular complexity index is 651. The Labute approximate surface area is 138 Å². The Morgan fingerprint density at radius 3 is 2.79 bits per heavy atom. The van der Waals surface area contributed by atoms with Crippen molar-refractivity contribution >= 4 is 17.8 Å². The molecule has 1 unspecified atom stereocenters. The summed E-state index contributed by atoms with van der Waals surface area (Å²) < 4.78 is 18.0. The highest BCUT2D eigenvalue weighted by atomic mass is 19.1. The lowest BCUT2D eigenvalue weighted by Gasteiger charge is -2.23. The number of benzene rings is 1. The Hall–Kier alpha value is -2.48. The van der Waals surface area contributed by atoms with Crippen molar-refractivity contribution in [2.24, 2.45) is 5.41 Å². The van der Waals surface area contributed by atoms with Gasteiger partial charge in [-0.15, -0.1) is 0 Å². The van der Waals surface area contributed by atoms with Crippen molar-refractivity contribution in [3.8, 4) is 0 Å². The summed E-state index contributed by atoms with van der Waals surface area (Å²) in [6, 6.07) is 5.13. The maximum atomic E-state index is 13.1. The van der Waals surface area contributed by atoms with Crippen LogP contribution in [-0.4, -0.2) is 61.1 Å². The molecule has 7 nitrogen and oxygen atoms in total. The predicted molar refractivity (Wildman–Crippen MR) is 81.9 cm³/mol. The van der Waals surface area contributed by atoms with Crippen LogP contribution in [0.15, 0.2) is 24.3 Å². The summed E-state index contributed by atoms with van der Waals surface area (Å²) >= 11 is 0. The van der Waals surface area contributed by atoms with Crippen LogP contribution in [0.1, 0.15) is 16.8 Å². The number of nitrogens with one attached hydrogen (secondary N) is 1. The van der Waals surface area contributed by atoms with Gasteiger partial charge in [-0.3, -0.25) is 14.4 Å². The van der Waals surface area contributed by atoms with Crippen LogP contribution in [-0.2, 0) is 14.3 Å². The number of aliphatic carboxylic acids is 1. The molecule has 1 aliphatic rings. The average molecular weight is 338 g/mol. The fourth-order valence-corrected chi connectivity index (χ4v) is 2.72. The van der Waals surface area contributed by atoms with Gasteiger partial charge >= 0.3 is 5.97 Å². The topological polar surface area (TPSA) is 95.9 Å². The van der Waals surface area contributed by atoms with Crippen molar-refractivity contribution < 1.29 is 28.6 Å². The van der Waals surface area contributed by atoms with E-state index in [1.165, 1.54) is 30.2 Å². The first-order chi connectivity index (χ1) is 11.4. The molecule has 8 heteroatoms. The van der Waals surface area contributed by atoms with Gasteiger partial charge in [-0.05, 0) is 24.6 Å². The molecule has 0 saturated carbocycles.